The molecule has 1 amide bonds. The Bertz CT molecular complexity index is 1020. The molecule has 0 aliphatic rings. The highest BCUT2D eigenvalue weighted by Crippen LogP contribution is 2.34. The van der Waals surface area contributed by atoms with Crippen molar-refractivity contribution >= 4 is 61.5 Å². The Morgan fingerprint density at radius 2 is 2.14 bits per heavy atom. The maximum atomic E-state index is 12.4. The first-order valence-electron chi connectivity index (χ1n) is 8.49. The highest BCUT2D eigenvalue weighted by molar-refractivity contribution is 7.80. The van der Waals surface area contributed by atoms with Gasteiger partial charge in [-0.05, 0) is 42.9 Å². The lowest BCUT2D eigenvalue weighted by Crippen LogP contribution is -2.34. The van der Waals surface area contributed by atoms with Crippen LogP contribution >= 0.6 is 35.2 Å². The summed E-state index contributed by atoms with van der Waals surface area (Å²) in [4.78, 5) is 16.9. The number of hydrogen-bond donors (Lipinski definition) is 2. The van der Waals surface area contributed by atoms with Gasteiger partial charge in [-0.15, -0.1) is 0 Å². The van der Waals surface area contributed by atoms with Crippen LogP contribution in [0.2, 0.25) is 5.02 Å². The van der Waals surface area contributed by atoms with Crippen molar-refractivity contribution < 1.29 is 14.3 Å². The van der Waals surface area contributed by atoms with Crippen LogP contribution < -0.4 is 20.1 Å². The van der Waals surface area contributed by atoms with Gasteiger partial charge in [0.1, 0.15) is 11.5 Å². The molecule has 1 heterocycles. The fourth-order valence-corrected chi connectivity index (χ4v) is 3.76. The number of carbonyl (C=O) groups excluding carboxylic acids is 1. The molecule has 9 heteroatoms. The SMILES string of the molecule is CCCOc1cccc(C(=O)NC(=S)Nc2nc3cc(Cl)c(OC)cc3s2)c1. The molecule has 3 aromatic rings. The highest BCUT2D eigenvalue weighted by atomic mass is 35.5. The Balaban J connectivity index is 1.66. The fraction of sp³-hybridized carbons (Fsp3) is 0.211. The lowest BCUT2D eigenvalue weighted by atomic mass is 10.2. The third kappa shape index (κ3) is 4.89. The summed E-state index contributed by atoms with van der Waals surface area (Å²) < 4.78 is 11.7. The summed E-state index contributed by atoms with van der Waals surface area (Å²) in [5, 5.41) is 6.76. The molecule has 28 heavy (non-hydrogen) atoms. The number of nitrogens with zero attached hydrogens (tertiary/aromatic N) is 1. The van der Waals surface area contributed by atoms with E-state index in [1.54, 1.807) is 31.4 Å². The van der Waals surface area contributed by atoms with Crippen molar-refractivity contribution in [3.05, 3.63) is 47.0 Å². The van der Waals surface area contributed by atoms with Gasteiger partial charge in [0.05, 0.1) is 29.0 Å². The molecule has 0 radical (unpaired) electrons. The van der Waals surface area contributed by atoms with Crippen LogP contribution in [0, 0.1) is 0 Å². The van der Waals surface area contributed by atoms with E-state index in [9.17, 15) is 4.79 Å². The lowest BCUT2D eigenvalue weighted by Gasteiger charge is -2.09. The molecule has 0 unspecified atom stereocenters. The van der Waals surface area contributed by atoms with Crippen molar-refractivity contribution in [2.45, 2.75) is 13.3 Å². The Kier molecular flexibility index (Phi) is 6.66. The largest absolute Gasteiger partial charge is 0.495 e. The first kappa shape index (κ1) is 20.3. The number of ether oxygens (including phenoxy) is 2. The van der Waals surface area contributed by atoms with Crippen LogP contribution in [-0.2, 0) is 0 Å². The number of thiocarbonyl (C=S) groups is 1. The molecular formula is C19H18ClN3O3S2. The number of fused-ring (bicyclic) bond motifs is 1. The zero-order valence-electron chi connectivity index (χ0n) is 15.2. The topological polar surface area (TPSA) is 72.5 Å². The number of halogens is 1. The molecule has 0 atom stereocenters. The van der Waals surface area contributed by atoms with Gasteiger partial charge in [-0.25, -0.2) is 4.98 Å². The smallest absolute Gasteiger partial charge is 0.257 e. The Hall–Kier alpha value is -2.42. The van der Waals surface area contributed by atoms with E-state index in [1.165, 1.54) is 11.3 Å². The van der Waals surface area contributed by atoms with Crippen molar-refractivity contribution in [2.24, 2.45) is 0 Å². The molecular weight excluding hydrogens is 418 g/mol. The standard InChI is InChI=1S/C19H18ClN3O3S2/c1-3-7-26-12-6-4-5-11(8-12)17(24)22-18(27)23-19-21-14-9-13(20)15(25-2)10-16(14)28-19/h4-6,8-10H,3,7H2,1-2H3,(H2,21,22,23,24,27). The second-order valence-electron chi connectivity index (χ2n) is 5.76. The van der Waals surface area contributed by atoms with Gasteiger partial charge in [-0.1, -0.05) is 35.9 Å². The number of anilines is 1. The maximum absolute atomic E-state index is 12.4. The van der Waals surface area contributed by atoms with Crippen LogP contribution in [0.5, 0.6) is 11.5 Å². The second kappa shape index (κ2) is 9.18. The molecule has 0 saturated carbocycles. The van der Waals surface area contributed by atoms with Crippen molar-refractivity contribution in [1.29, 1.82) is 0 Å². The number of rotatable bonds is 6. The molecule has 3 rings (SSSR count). The van der Waals surface area contributed by atoms with E-state index >= 15 is 0 Å². The maximum Gasteiger partial charge on any atom is 0.257 e. The summed E-state index contributed by atoms with van der Waals surface area (Å²) >= 11 is 12.7. The van der Waals surface area contributed by atoms with E-state index in [0.29, 0.717) is 39.3 Å². The molecule has 0 bridgehead atoms. The molecule has 0 spiro atoms. The minimum absolute atomic E-state index is 0.155. The van der Waals surface area contributed by atoms with Crippen molar-refractivity contribution in [1.82, 2.24) is 10.3 Å². The summed E-state index contributed by atoms with van der Waals surface area (Å²) in [6, 6.07) is 10.5. The number of benzene rings is 2. The Morgan fingerprint density at radius 3 is 2.89 bits per heavy atom. The summed E-state index contributed by atoms with van der Waals surface area (Å²) in [5.74, 6) is 0.890. The van der Waals surface area contributed by atoms with E-state index in [1.807, 2.05) is 19.1 Å². The number of hydrogen-bond acceptors (Lipinski definition) is 6. The van der Waals surface area contributed by atoms with Crippen LogP contribution in [0.25, 0.3) is 10.2 Å². The van der Waals surface area contributed by atoms with Gasteiger partial charge >= 0.3 is 0 Å². The summed E-state index contributed by atoms with van der Waals surface area (Å²) in [7, 11) is 1.56. The van der Waals surface area contributed by atoms with Crippen LogP contribution in [0.15, 0.2) is 36.4 Å². The average Bonchev–Trinajstić information content (AvgIpc) is 3.06. The van der Waals surface area contributed by atoms with Gasteiger partial charge < -0.3 is 14.8 Å². The molecule has 6 nitrogen and oxygen atoms in total. The molecule has 2 aromatic carbocycles. The number of nitrogens with one attached hydrogen (secondary N) is 2. The minimum Gasteiger partial charge on any atom is -0.495 e. The number of thiazole rings is 1. The quantitative estimate of drug-likeness (QED) is 0.538. The summed E-state index contributed by atoms with van der Waals surface area (Å²) in [6.07, 6.45) is 0.893. The number of aromatic nitrogens is 1. The molecule has 0 aliphatic carbocycles. The van der Waals surface area contributed by atoms with Gasteiger partial charge in [-0.2, -0.15) is 0 Å². The van der Waals surface area contributed by atoms with Crippen molar-refractivity contribution in [2.75, 3.05) is 19.0 Å². The first-order valence-corrected chi connectivity index (χ1v) is 10.1. The number of methoxy groups -OCH3 is 1. The molecule has 146 valence electrons. The third-order valence-corrected chi connectivity index (χ3v) is 5.11. The molecule has 2 N–H and O–H groups in total. The van der Waals surface area contributed by atoms with Crippen LogP contribution in [0.3, 0.4) is 0 Å². The molecule has 0 fully saturated rings. The van der Waals surface area contributed by atoms with Gasteiger partial charge in [0.25, 0.3) is 5.91 Å². The number of amides is 1. The molecule has 0 aliphatic heterocycles. The average molecular weight is 436 g/mol. The van der Waals surface area contributed by atoms with Crippen LogP contribution in [-0.4, -0.2) is 29.7 Å². The minimum atomic E-state index is -0.328. The second-order valence-corrected chi connectivity index (χ2v) is 7.60. The highest BCUT2D eigenvalue weighted by Gasteiger charge is 2.12. The van der Waals surface area contributed by atoms with E-state index in [4.69, 9.17) is 33.3 Å². The number of carbonyl (C=O) groups is 1. The van der Waals surface area contributed by atoms with Gasteiger partial charge in [0.2, 0.25) is 0 Å². The van der Waals surface area contributed by atoms with E-state index < -0.39 is 0 Å². The zero-order chi connectivity index (χ0) is 20.1. The van der Waals surface area contributed by atoms with Crippen molar-refractivity contribution in [3.63, 3.8) is 0 Å². The van der Waals surface area contributed by atoms with Crippen LogP contribution in [0.1, 0.15) is 23.7 Å². The Labute approximate surface area is 176 Å². The van der Waals surface area contributed by atoms with Gasteiger partial charge in [0.15, 0.2) is 10.2 Å². The van der Waals surface area contributed by atoms with Gasteiger partial charge in [-0.3, -0.25) is 10.1 Å². The van der Waals surface area contributed by atoms with E-state index in [0.717, 1.165) is 11.1 Å². The van der Waals surface area contributed by atoms with E-state index in [-0.39, 0.29) is 11.0 Å². The monoisotopic (exact) mass is 435 g/mol. The van der Waals surface area contributed by atoms with Gasteiger partial charge in [0, 0.05) is 11.6 Å². The predicted molar refractivity (Wildman–Crippen MR) is 117 cm³/mol. The summed E-state index contributed by atoms with van der Waals surface area (Å²) in [5.41, 5.74) is 1.17. The molecule has 0 saturated heterocycles. The first-order chi connectivity index (χ1) is 13.5. The normalized spacial score (nSPS) is 10.5. The fourth-order valence-electron chi connectivity index (χ4n) is 2.39. The van der Waals surface area contributed by atoms with E-state index in [2.05, 4.69) is 15.6 Å². The Morgan fingerprint density at radius 1 is 1.32 bits per heavy atom. The molecule has 1 aromatic heterocycles. The zero-order valence-corrected chi connectivity index (χ0v) is 17.6. The third-order valence-electron chi connectivity index (χ3n) is 3.68. The van der Waals surface area contributed by atoms with Crippen molar-refractivity contribution in [3.8, 4) is 11.5 Å². The predicted octanol–water partition coefficient (Wildman–Crippen LogP) is 4.87. The van der Waals surface area contributed by atoms with Crippen LogP contribution in [0.4, 0.5) is 5.13 Å². The summed E-state index contributed by atoms with van der Waals surface area (Å²) in [6.45, 7) is 2.62. The lowest BCUT2D eigenvalue weighted by molar-refractivity contribution is 0.0977.